The topological polar surface area (TPSA) is 235 Å². The number of likely N-dealkylation sites (N-methyl/N-ethyl adjacent to an activating group) is 6. The minimum atomic E-state index is 0.0816. The average molecular weight is 2130 g/mol. The van der Waals surface area contributed by atoms with Crippen LogP contribution in [0.25, 0.3) is 0 Å². The van der Waals surface area contributed by atoms with Crippen LogP contribution in [-0.2, 0) is 47.7 Å². The van der Waals surface area contributed by atoms with E-state index in [9.17, 15) is 24.0 Å². The number of amides is 5. The number of hydrogen-bond acceptors (Lipinski definition) is 26. The molecule has 0 aromatic rings. The number of carbonyl (C=O) groups is 5. The summed E-state index contributed by atoms with van der Waals surface area (Å²) in [5.41, 5.74) is 0. The Labute approximate surface area is 925 Å². The van der Waals surface area contributed by atoms with Crippen molar-refractivity contribution in [2.45, 2.75) is 386 Å². The van der Waals surface area contributed by atoms with Gasteiger partial charge < -0.3 is 73.5 Å². The summed E-state index contributed by atoms with van der Waals surface area (Å²) < 4.78 is 27.5. The van der Waals surface area contributed by atoms with E-state index in [1.54, 1.807) is 19.6 Å². The number of unbranched alkanes of at least 4 members (excludes halogenated alkanes) is 2. The van der Waals surface area contributed by atoms with E-state index in [-0.39, 0.29) is 71.6 Å². The number of nitrogens with zero attached hydrogens (tertiary/aromatic N) is 17. The first kappa shape index (κ1) is 145. The molecule has 31 nitrogen and oxygen atoms in total. The Morgan fingerprint density at radius 3 is 0.920 bits per heavy atom. The lowest BCUT2D eigenvalue weighted by Gasteiger charge is -2.45. The number of ether oxygens (including phenoxy) is 5. The van der Waals surface area contributed by atoms with Crippen LogP contribution in [0.15, 0.2) is 0 Å². The van der Waals surface area contributed by atoms with Crippen LogP contribution in [0.3, 0.4) is 0 Å². The van der Waals surface area contributed by atoms with Crippen LogP contribution < -0.4 is 21.3 Å². The van der Waals surface area contributed by atoms with E-state index in [1.807, 2.05) is 55.9 Å². The van der Waals surface area contributed by atoms with Crippen molar-refractivity contribution >= 4 is 29.5 Å². The molecule has 9 rings (SSSR count). The molecule has 31 heteroatoms. The van der Waals surface area contributed by atoms with Crippen LogP contribution >= 0.6 is 0 Å². The van der Waals surface area contributed by atoms with Gasteiger partial charge in [0.25, 0.3) is 0 Å². The molecular weight excluding hydrogens is 1880 g/mol. The van der Waals surface area contributed by atoms with Gasteiger partial charge in [0.1, 0.15) is 13.5 Å². The van der Waals surface area contributed by atoms with E-state index in [2.05, 4.69) is 335 Å². The first-order chi connectivity index (χ1) is 70.1. The van der Waals surface area contributed by atoms with E-state index in [1.165, 1.54) is 97.8 Å². The Morgan fingerprint density at radius 1 is 0.287 bits per heavy atom. The largest absolute Gasteiger partial charge is 0.379 e. The molecule has 4 atom stereocenters. The third-order valence-corrected chi connectivity index (χ3v) is 27.8. The summed E-state index contributed by atoms with van der Waals surface area (Å²) in [6.45, 7) is 114. The van der Waals surface area contributed by atoms with Crippen LogP contribution in [0.2, 0.25) is 0 Å². The lowest BCUT2D eigenvalue weighted by Crippen LogP contribution is -2.59. The molecule has 0 aromatic heterocycles. The monoisotopic (exact) mass is 2130 g/mol. The number of nitrogens with one attached hydrogen (secondary N) is 4. The summed E-state index contributed by atoms with van der Waals surface area (Å²) in [4.78, 5) is 98.6. The summed E-state index contributed by atoms with van der Waals surface area (Å²) in [7, 11) is 16.2. The van der Waals surface area contributed by atoms with Gasteiger partial charge in [0.2, 0.25) is 29.5 Å². The highest BCUT2D eigenvalue weighted by atomic mass is 16.5. The van der Waals surface area contributed by atoms with E-state index in [0.717, 1.165) is 205 Å². The van der Waals surface area contributed by atoms with Gasteiger partial charge in [-0.05, 0) is 256 Å². The van der Waals surface area contributed by atoms with Gasteiger partial charge in [0.05, 0.1) is 87.2 Å². The fraction of sp³-hybridized carbons (Fsp3) is 0.958. The van der Waals surface area contributed by atoms with Crippen LogP contribution in [0.1, 0.15) is 301 Å². The number of likely N-dealkylation sites (tertiary alicyclic amines) is 9. The molecule has 0 aromatic carbocycles. The smallest absolute Gasteiger partial charge is 0.241 e. The highest BCUT2D eigenvalue weighted by molar-refractivity contribution is 5.83. The van der Waals surface area contributed by atoms with Crippen molar-refractivity contribution in [1.29, 1.82) is 0 Å². The van der Waals surface area contributed by atoms with Crippen LogP contribution in [0, 0.1) is 76.9 Å². The van der Waals surface area contributed by atoms with Gasteiger partial charge in [0.15, 0.2) is 0 Å². The number of rotatable bonds is 60. The maximum absolute atomic E-state index is 12.2. The zero-order valence-corrected chi connectivity index (χ0v) is 106. The highest BCUT2D eigenvalue weighted by Gasteiger charge is 2.41. The molecule has 150 heavy (non-hydrogen) atoms. The van der Waals surface area contributed by atoms with Crippen LogP contribution in [-0.4, -0.2) is 484 Å². The van der Waals surface area contributed by atoms with Crippen LogP contribution in [0.4, 0.5) is 0 Å². The summed E-state index contributed by atoms with van der Waals surface area (Å²) in [5, 5.41) is 13.0. The van der Waals surface area contributed by atoms with Gasteiger partial charge in [-0.1, -0.05) is 138 Å². The maximum Gasteiger partial charge on any atom is 0.241 e. The lowest BCUT2D eigenvalue weighted by atomic mass is 9.97. The molecule has 9 aliphatic heterocycles. The van der Waals surface area contributed by atoms with Gasteiger partial charge in [-0.2, -0.15) is 0 Å². The number of hydrogen-bond donors (Lipinski definition) is 4. The zero-order chi connectivity index (χ0) is 114. The highest BCUT2D eigenvalue weighted by Crippen LogP contribution is 2.28. The maximum atomic E-state index is 12.2. The molecule has 0 aliphatic carbocycles. The van der Waals surface area contributed by atoms with Crippen LogP contribution in [0.5, 0.6) is 0 Å². The fourth-order valence-corrected chi connectivity index (χ4v) is 18.9. The SMILES string of the molecule is CC(C)CCN(C)C1CN(CC(C)C)C1.CC(C)CN1CC(C(=O)N(C)CNC(C)C)C1.CC(C)CN1CC(C(=O)N(C)COC(C)C)C1.CC(C)CN1CC(C(=O)NCCCCCOC(C)C)C1.CC(C)CN1CC(N(C)COC(C)C)C1.CC(C)CN1CCC1C(=O)N(C)CNC(C)C.CC(C)CN1CCC1C(=O)N(C)COC(C)C.CC(C)CN1CCC1CN(C)CNC(C)C.CC(C)CN1CCC1CN(C)COC(C)C. The Morgan fingerprint density at radius 2 is 0.587 bits per heavy atom. The van der Waals surface area contributed by atoms with E-state index >= 15 is 0 Å². The third kappa shape index (κ3) is 67.2. The molecule has 9 fully saturated rings. The summed E-state index contributed by atoms with van der Waals surface area (Å²) in [5.74, 6) is 9.07. The summed E-state index contributed by atoms with van der Waals surface area (Å²) in [6, 6.07) is 4.68. The summed E-state index contributed by atoms with van der Waals surface area (Å²) in [6.07, 6.45) is 10.6. The van der Waals surface area contributed by atoms with Gasteiger partial charge in [0, 0.05) is 254 Å². The predicted molar refractivity (Wildman–Crippen MR) is 632 cm³/mol. The third-order valence-electron chi connectivity index (χ3n) is 27.8. The van der Waals surface area contributed by atoms with Gasteiger partial charge in [-0.25, -0.2) is 0 Å². The Bertz CT molecular complexity index is 3180. The molecule has 5 amide bonds. The first-order valence-corrected chi connectivity index (χ1v) is 60.0. The van der Waals surface area contributed by atoms with Crippen molar-refractivity contribution in [3.63, 3.8) is 0 Å². The molecule has 0 bridgehead atoms. The normalized spacial score (nSPS) is 19.5. The molecule has 9 saturated heterocycles. The van der Waals surface area contributed by atoms with Crippen molar-refractivity contribution in [3.05, 3.63) is 0 Å². The summed E-state index contributed by atoms with van der Waals surface area (Å²) >= 11 is 0. The quantitative estimate of drug-likeness (QED) is 0.0327. The fourth-order valence-electron chi connectivity index (χ4n) is 18.9. The molecule has 9 aliphatic rings. The molecule has 4 unspecified atom stereocenters. The van der Waals surface area contributed by atoms with Gasteiger partial charge in [-0.15, -0.1) is 0 Å². The van der Waals surface area contributed by atoms with Crippen molar-refractivity contribution in [2.75, 3.05) is 287 Å². The average Bonchev–Trinajstić information content (AvgIpc) is 0.814. The second-order valence-electron chi connectivity index (χ2n) is 52.4. The molecule has 0 saturated carbocycles. The predicted octanol–water partition coefficient (Wildman–Crippen LogP) is 15.0. The molecule has 890 valence electrons. The van der Waals surface area contributed by atoms with Gasteiger partial charge in [-0.3, -0.25) is 78.7 Å². The first-order valence-electron chi connectivity index (χ1n) is 60.0. The second kappa shape index (κ2) is 79.5. The molecule has 9 heterocycles. The Hall–Kier alpha value is -3.49. The van der Waals surface area contributed by atoms with E-state index in [4.69, 9.17) is 23.7 Å². The zero-order valence-electron chi connectivity index (χ0n) is 106. The minimum absolute atomic E-state index is 0.0816. The van der Waals surface area contributed by atoms with Crippen molar-refractivity contribution in [1.82, 2.24) is 105 Å². The minimum Gasteiger partial charge on any atom is -0.379 e. The lowest BCUT2D eigenvalue weighted by molar-refractivity contribution is -0.147. The Balaban J connectivity index is 0.000000845. The number of carbonyl (C=O) groups excluding carboxylic acids is 5. The molecule has 0 spiro atoms. The second-order valence-corrected chi connectivity index (χ2v) is 52.4. The standard InChI is InChI=1S/C16H32N2O2.2C13H27N3O.C13H29N3.2C13H26N2O2.C13H28N2O.C13H28N2.C12H26N2O/c1-13(2)10-18-11-15(12-18)16(19)17-8-6-5-7-9-20-14(3)4;1-10(2)6-16-7-12(8-16)13(17)15(5)9-14-11(3)4;1-10(2)8-16-7-6-12(16)13(17)15(5)9-14-11(3)4;1-11(2)8-16-7-6-13(16)9-15(5)10-14-12(3)4;1-10(2)6-15-7-12(8-15)13(16)14(5)9-17-11(3)4;1-10(2)8-15-7-6-12(15)13(16)14(5)9-17-11(3)4;1-11(2)8-15-7-6-13(15)9-14(5)10-16-12(3)4;1-11(2)6-7-14(5)13-9-15(10-13)8-12(3)4;1-10(2)6-14-7-12(8-14)13(5)9-15-11(3)4/h13-15H,5-12H2,1-4H3,(H,17,19);2*10-12,14H,6-9H2,1-5H3;11-14H,6-10H2,1-5H3;2*10-12H,6-9H2,1-5H3;11-13H,6-10H2,1-5H3;11-13H,6-10H2,1-5H3;10-12H,6-9H2,1-5H3. The molecule has 4 N–H and O–H groups in total. The van der Waals surface area contributed by atoms with Crippen molar-refractivity contribution in [2.24, 2.45) is 76.9 Å². The van der Waals surface area contributed by atoms with E-state index < -0.39 is 0 Å². The Kier molecular flexibility index (Phi) is 76.6. The molecular formula is C119H249N21O10. The molecule has 0 radical (unpaired) electrons. The van der Waals surface area contributed by atoms with Crippen molar-refractivity contribution < 1.29 is 47.7 Å². The van der Waals surface area contributed by atoms with E-state index in [0.29, 0.717) is 98.9 Å². The van der Waals surface area contributed by atoms with Gasteiger partial charge >= 0.3 is 0 Å². The van der Waals surface area contributed by atoms with Crippen molar-refractivity contribution in [3.8, 4) is 0 Å².